The smallest absolute Gasteiger partial charge is 0.387 e. The maximum absolute atomic E-state index is 12.6. The van der Waals surface area contributed by atoms with E-state index in [-0.39, 0.29) is 5.75 Å². The summed E-state index contributed by atoms with van der Waals surface area (Å²) in [4.78, 5) is 6.77. The van der Waals surface area contributed by atoms with Gasteiger partial charge in [-0.1, -0.05) is 6.42 Å². The molecule has 0 aliphatic carbocycles. The molecule has 1 aromatic carbocycles. The van der Waals surface area contributed by atoms with Crippen LogP contribution in [0.4, 0.5) is 8.78 Å². The van der Waals surface area contributed by atoms with E-state index in [0.29, 0.717) is 29.9 Å². The van der Waals surface area contributed by atoms with Gasteiger partial charge in [0.05, 0.1) is 7.11 Å². The molecule has 0 aromatic heterocycles. The van der Waals surface area contributed by atoms with Crippen molar-refractivity contribution in [3.63, 3.8) is 0 Å². The maximum Gasteiger partial charge on any atom is 0.387 e. The molecule has 1 aliphatic rings. The molecule has 1 aromatic rings. The summed E-state index contributed by atoms with van der Waals surface area (Å²) in [7, 11) is 3.22. The Morgan fingerprint density at radius 2 is 2.10 bits per heavy atom. The Hall–Kier alpha value is -2.09. The van der Waals surface area contributed by atoms with Gasteiger partial charge in [0.2, 0.25) is 0 Å². The molecule has 0 spiro atoms. The molecule has 2 N–H and O–H groups in total. The van der Waals surface area contributed by atoms with Crippen molar-refractivity contribution >= 4 is 5.96 Å². The molecule has 1 atom stereocenters. The van der Waals surface area contributed by atoms with Crippen LogP contribution in [0.15, 0.2) is 23.2 Å². The molecule has 1 saturated heterocycles. The van der Waals surface area contributed by atoms with Crippen LogP contribution in [0.2, 0.25) is 0 Å². The SMILES string of the molecule is CN=C(NCCCCN1CCCCC1C)NCc1cc(OC)ccc1OC(F)F. The number of rotatable bonds is 10. The van der Waals surface area contributed by atoms with Crippen molar-refractivity contribution in [3.8, 4) is 11.5 Å². The Balaban J connectivity index is 1.75. The molecule has 29 heavy (non-hydrogen) atoms. The lowest BCUT2D eigenvalue weighted by molar-refractivity contribution is -0.0504. The van der Waals surface area contributed by atoms with E-state index >= 15 is 0 Å². The lowest BCUT2D eigenvalue weighted by Gasteiger charge is -2.33. The van der Waals surface area contributed by atoms with Crippen LogP contribution in [0.5, 0.6) is 11.5 Å². The van der Waals surface area contributed by atoms with Gasteiger partial charge in [-0.25, -0.2) is 0 Å². The van der Waals surface area contributed by atoms with E-state index in [1.165, 1.54) is 39.0 Å². The Kier molecular flexibility index (Phi) is 9.97. The van der Waals surface area contributed by atoms with E-state index in [2.05, 4.69) is 32.2 Å². The van der Waals surface area contributed by atoms with Crippen molar-refractivity contribution in [1.82, 2.24) is 15.5 Å². The highest BCUT2D eigenvalue weighted by atomic mass is 19.3. The summed E-state index contributed by atoms with van der Waals surface area (Å²) < 4.78 is 35.0. The Labute approximate surface area is 172 Å². The standard InChI is InChI=1S/C21H34F2N4O2/c1-16-8-4-6-12-27(16)13-7-5-11-25-21(24-2)26-15-17-14-18(28-3)9-10-19(17)29-20(22)23/h9-10,14,16,20H,4-8,11-13,15H2,1-3H3,(H2,24,25,26). The molecular formula is C21H34F2N4O2. The quantitative estimate of drug-likeness (QED) is 0.349. The predicted molar refractivity (Wildman–Crippen MR) is 112 cm³/mol. The molecule has 6 nitrogen and oxygen atoms in total. The van der Waals surface area contributed by atoms with E-state index < -0.39 is 6.61 Å². The van der Waals surface area contributed by atoms with E-state index in [1.54, 1.807) is 19.2 Å². The van der Waals surface area contributed by atoms with Gasteiger partial charge in [-0.2, -0.15) is 8.78 Å². The van der Waals surface area contributed by atoms with Crippen molar-refractivity contribution in [2.75, 3.05) is 33.8 Å². The number of ether oxygens (including phenoxy) is 2. The number of piperidine rings is 1. The van der Waals surface area contributed by atoms with E-state index in [1.807, 2.05) is 0 Å². The van der Waals surface area contributed by atoms with Crippen molar-refractivity contribution in [3.05, 3.63) is 23.8 Å². The molecule has 1 aliphatic heterocycles. The molecular weight excluding hydrogens is 378 g/mol. The third kappa shape index (κ3) is 8.04. The molecule has 164 valence electrons. The summed E-state index contributed by atoms with van der Waals surface area (Å²) in [6.45, 7) is 2.88. The van der Waals surface area contributed by atoms with Crippen molar-refractivity contribution in [2.24, 2.45) is 4.99 Å². The van der Waals surface area contributed by atoms with Crippen LogP contribution in [0.25, 0.3) is 0 Å². The molecule has 1 fully saturated rings. The number of nitrogens with zero attached hydrogens (tertiary/aromatic N) is 2. The number of hydrogen-bond donors (Lipinski definition) is 2. The summed E-state index contributed by atoms with van der Waals surface area (Å²) in [6, 6.07) is 5.45. The van der Waals surface area contributed by atoms with Gasteiger partial charge in [0, 0.05) is 31.7 Å². The average Bonchev–Trinajstić information content (AvgIpc) is 2.71. The van der Waals surface area contributed by atoms with Crippen LogP contribution in [0, 0.1) is 0 Å². The molecule has 0 radical (unpaired) electrons. The molecule has 0 bridgehead atoms. The van der Waals surface area contributed by atoms with Gasteiger partial charge in [0.25, 0.3) is 0 Å². The average molecular weight is 413 g/mol. The number of aliphatic imine (C=N–C) groups is 1. The van der Waals surface area contributed by atoms with E-state index in [0.717, 1.165) is 25.9 Å². The number of alkyl halides is 2. The Morgan fingerprint density at radius 1 is 1.28 bits per heavy atom. The topological polar surface area (TPSA) is 58.1 Å². The number of benzene rings is 1. The fourth-order valence-electron chi connectivity index (χ4n) is 3.57. The van der Waals surface area contributed by atoms with Gasteiger partial charge in [-0.05, 0) is 63.9 Å². The van der Waals surface area contributed by atoms with Crippen molar-refractivity contribution < 1.29 is 18.3 Å². The number of nitrogens with one attached hydrogen (secondary N) is 2. The maximum atomic E-state index is 12.6. The zero-order valence-corrected chi connectivity index (χ0v) is 17.7. The number of methoxy groups -OCH3 is 1. The number of guanidine groups is 1. The zero-order valence-electron chi connectivity index (χ0n) is 17.7. The lowest BCUT2D eigenvalue weighted by Crippen LogP contribution is -2.39. The van der Waals surface area contributed by atoms with Gasteiger partial charge in [0.15, 0.2) is 5.96 Å². The van der Waals surface area contributed by atoms with Gasteiger partial charge < -0.3 is 25.0 Å². The first-order valence-electron chi connectivity index (χ1n) is 10.3. The van der Waals surface area contributed by atoms with Crippen molar-refractivity contribution in [1.29, 1.82) is 0 Å². The molecule has 2 rings (SSSR count). The molecule has 0 amide bonds. The second-order valence-corrected chi connectivity index (χ2v) is 7.29. The van der Waals surface area contributed by atoms with E-state index in [4.69, 9.17) is 4.74 Å². The van der Waals surface area contributed by atoms with Gasteiger partial charge >= 0.3 is 6.61 Å². The van der Waals surface area contributed by atoms with E-state index in [9.17, 15) is 8.78 Å². The third-order valence-corrected chi connectivity index (χ3v) is 5.26. The largest absolute Gasteiger partial charge is 0.497 e. The highest BCUT2D eigenvalue weighted by Gasteiger charge is 2.17. The zero-order chi connectivity index (χ0) is 21.1. The monoisotopic (exact) mass is 412 g/mol. The number of likely N-dealkylation sites (tertiary alicyclic amines) is 1. The van der Waals surface area contributed by atoms with Gasteiger partial charge in [0.1, 0.15) is 11.5 Å². The summed E-state index contributed by atoms with van der Waals surface area (Å²) >= 11 is 0. The molecule has 0 saturated carbocycles. The van der Waals surface area contributed by atoms with Crippen LogP contribution in [0.3, 0.4) is 0 Å². The Bertz CT molecular complexity index is 643. The van der Waals surface area contributed by atoms with Crippen LogP contribution >= 0.6 is 0 Å². The highest BCUT2D eigenvalue weighted by Crippen LogP contribution is 2.25. The van der Waals surface area contributed by atoms with Crippen LogP contribution in [0.1, 0.15) is 44.6 Å². The molecule has 8 heteroatoms. The molecule has 1 unspecified atom stereocenters. The lowest BCUT2D eigenvalue weighted by atomic mass is 10.0. The molecule has 1 heterocycles. The summed E-state index contributed by atoms with van der Waals surface area (Å²) in [5.41, 5.74) is 0.576. The minimum Gasteiger partial charge on any atom is -0.497 e. The number of hydrogen-bond acceptors (Lipinski definition) is 4. The second kappa shape index (κ2) is 12.5. The Morgan fingerprint density at radius 3 is 2.79 bits per heavy atom. The summed E-state index contributed by atoms with van der Waals surface area (Å²) in [6.07, 6.45) is 6.13. The van der Waals surface area contributed by atoms with Crippen LogP contribution in [-0.2, 0) is 6.54 Å². The summed E-state index contributed by atoms with van der Waals surface area (Å²) in [5.74, 6) is 1.33. The van der Waals surface area contributed by atoms with Gasteiger partial charge in [-0.15, -0.1) is 0 Å². The number of unbranched alkanes of at least 4 members (excludes halogenated alkanes) is 1. The predicted octanol–water partition coefficient (Wildman–Crippen LogP) is 3.62. The first kappa shape index (κ1) is 23.2. The van der Waals surface area contributed by atoms with Gasteiger partial charge in [-0.3, -0.25) is 4.99 Å². The first-order chi connectivity index (χ1) is 14.0. The van der Waals surface area contributed by atoms with Crippen LogP contribution in [-0.4, -0.2) is 57.3 Å². The summed E-state index contributed by atoms with van der Waals surface area (Å²) in [5, 5.41) is 6.42. The third-order valence-electron chi connectivity index (χ3n) is 5.26. The first-order valence-corrected chi connectivity index (χ1v) is 10.3. The fourth-order valence-corrected chi connectivity index (χ4v) is 3.57. The van der Waals surface area contributed by atoms with Crippen LogP contribution < -0.4 is 20.1 Å². The second-order valence-electron chi connectivity index (χ2n) is 7.29. The highest BCUT2D eigenvalue weighted by molar-refractivity contribution is 5.79. The minimum atomic E-state index is -2.87. The minimum absolute atomic E-state index is 0.124. The fraction of sp³-hybridized carbons (Fsp3) is 0.667. The van der Waals surface area contributed by atoms with Crippen molar-refractivity contribution in [2.45, 2.75) is 58.2 Å². The number of halogens is 2. The normalized spacial score (nSPS) is 18.0.